The third-order valence-electron chi connectivity index (χ3n) is 4.24. The van der Waals surface area contributed by atoms with E-state index in [1.807, 2.05) is 30.1 Å². The SMILES string of the molecule is CCC(CC)(CN)N(C)CC(=O)Nc1cccc(OC)c1. The molecule has 0 fully saturated rings. The molecule has 0 spiro atoms. The molecule has 5 nitrogen and oxygen atoms in total. The van der Waals surface area contributed by atoms with Gasteiger partial charge in [0, 0.05) is 23.8 Å². The number of carbonyl (C=O) groups is 1. The molecular weight excluding hydrogens is 266 g/mol. The van der Waals surface area contributed by atoms with Crippen LogP contribution in [0.1, 0.15) is 26.7 Å². The van der Waals surface area contributed by atoms with E-state index in [9.17, 15) is 4.79 Å². The van der Waals surface area contributed by atoms with Crippen molar-refractivity contribution in [3.63, 3.8) is 0 Å². The molecule has 118 valence electrons. The Bertz CT molecular complexity index is 450. The molecule has 0 bridgehead atoms. The van der Waals surface area contributed by atoms with Crippen molar-refractivity contribution in [1.82, 2.24) is 4.90 Å². The van der Waals surface area contributed by atoms with Crippen LogP contribution in [0.4, 0.5) is 5.69 Å². The van der Waals surface area contributed by atoms with E-state index in [0.29, 0.717) is 13.1 Å². The summed E-state index contributed by atoms with van der Waals surface area (Å²) in [6.45, 7) is 5.07. The molecule has 1 amide bonds. The van der Waals surface area contributed by atoms with Crippen LogP contribution in [0.3, 0.4) is 0 Å². The van der Waals surface area contributed by atoms with Crippen molar-refractivity contribution < 1.29 is 9.53 Å². The average Bonchev–Trinajstić information content (AvgIpc) is 2.49. The van der Waals surface area contributed by atoms with E-state index in [1.54, 1.807) is 13.2 Å². The van der Waals surface area contributed by atoms with Gasteiger partial charge >= 0.3 is 0 Å². The van der Waals surface area contributed by atoms with Crippen LogP contribution in [0.25, 0.3) is 0 Å². The van der Waals surface area contributed by atoms with Crippen molar-refractivity contribution in [3.8, 4) is 5.75 Å². The highest BCUT2D eigenvalue weighted by Crippen LogP contribution is 2.21. The van der Waals surface area contributed by atoms with Gasteiger partial charge in [-0.25, -0.2) is 0 Å². The largest absolute Gasteiger partial charge is 0.497 e. The zero-order valence-electron chi connectivity index (χ0n) is 13.5. The highest BCUT2D eigenvalue weighted by molar-refractivity contribution is 5.92. The topological polar surface area (TPSA) is 67.6 Å². The zero-order valence-corrected chi connectivity index (χ0v) is 13.5. The number of nitrogens with two attached hydrogens (primary N) is 1. The Morgan fingerprint density at radius 1 is 1.38 bits per heavy atom. The Hall–Kier alpha value is -1.59. The quantitative estimate of drug-likeness (QED) is 0.770. The van der Waals surface area contributed by atoms with E-state index in [2.05, 4.69) is 19.2 Å². The lowest BCUT2D eigenvalue weighted by atomic mass is 9.91. The number of ether oxygens (including phenoxy) is 1. The van der Waals surface area contributed by atoms with Gasteiger partial charge in [-0.2, -0.15) is 0 Å². The number of hydrogen-bond donors (Lipinski definition) is 2. The first-order valence-corrected chi connectivity index (χ1v) is 7.36. The molecule has 0 aliphatic rings. The molecule has 1 rings (SSSR count). The molecule has 5 heteroatoms. The van der Waals surface area contributed by atoms with E-state index in [0.717, 1.165) is 24.3 Å². The summed E-state index contributed by atoms with van der Waals surface area (Å²) in [7, 11) is 3.55. The molecule has 0 unspecified atom stereocenters. The van der Waals surface area contributed by atoms with Crippen molar-refractivity contribution in [1.29, 1.82) is 0 Å². The summed E-state index contributed by atoms with van der Waals surface area (Å²) >= 11 is 0. The second-order valence-corrected chi connectivity index (χ2v) is 5.27. The molecule has 1 aromatic carbocycles. The smallest absolute Gasteiger partial charge is 0.238 e. The van der Waals surface area contributed by atoms with Crippen LogP contribution in [-0.4, -0.2) is 43.6 Å². The normalized spacial score (nSPS) is 11.5. The Labute approximate surface area is 127 Å². The van der Waals surface area contributed by atoms with Gasteiger partial charge in [0.2, 0.25) is 5.91 Å². The van der Waals surface area contributed by atoms with Gasteiger partial charge in [0.1, 0.15) is 5.75 Å². The highest BCUT2D eigenvalue weighted by Gasteiger charge is 2.30. The second kappa shape index (κ2) is 8.00. The van der Waals surface area contributed by atoms with Crippen LogP contribution < -0.4 is 15.8 Å². The minimum absolute atomic E-state index is 0.0505. The van der Waals surface area contributed by atoms with Crippen molar-refractivity contribution in [2.75, 3.05) is 32.6 Å². The molecule has 0 aliphatic carbocycles. The summed E-state index contributed by atoms with van der Waals surface area (Å²) in [6, 6.07) is 7.33. The van der Waals surface area contributed by atoms with E-state index in [4.69, 9.17) is 10.5 Å². The van der Waals surface area contributed by atoms with Crippen LogP contribution >= 0.6 is 0 Å². The van der Waals surface area contributed by atoms with Crippen LogP contribution in [0.2, 0.25) is 0 Å². The van der Waals surface area contributed by atoms with Crippen LogP contribution in [0.5, 0.6) is 5.75 Å². The third kappa shape index (κ3) is 4.44. The number of nitrogens with one attached hydrogen (secondary N) is 1. The Kier molecular flexibility index (Phi) is 6.65. The molecule has 3 N–H and O–H groups in total. The maximum absolute atomic E-state index is 12.2. The van der Waals surface area contributed by atoms with Gasteiger partial charge in [0.05, 0.1) is 13.7 Å². The molecular formula is C16H27N3O2. The number of methoxy groups -OCH3 is 1. The van der Waals surface area contributed by atoms with E-state index < -0.39 is 0 Å². The zero-order chi connectivity index (χ0) is 15.9. The molecule has 0 atom stereocenters. The fourth-order valence-corrected chi connectivity index (χ4v) is 2.52. The van der Waals surface area contributed by atoms with Gasteiger partial charge in [-0.1, -0.05) is 19.9 Å². The van der Waals surface area contributed by atoms with E-state index in [-0.39, 0.29) is 11.4 Å². The number of hydrogen-bond acceptors (Lipinski definition) is 4. The average molecular weight is 293 g/mol. The number of likely N-dealkylation sites (N-methyl/N-ethyl adjacent to an activating group) is 1. The summed E-state index contributed by atoms with van der Waals surface area (Å²) in [5.74, 6) is 0.671. The van der Waals surface area contributed by atoms with Crippen molar-refractivity contribution in [2.24, 2.45) is 5.73 Å². The van der Waals surface area contributed by atoms with E-state index in [1.165, 1.54) is 0 Å². The number of amides is 1. The predicted molar refractivity (Wildman–Crippen MR) is 86.6 cm³/mol. The standard InChI is InChI=1S/C16H27N3O2/c1-5-16(6-2,12-17)19(3)11-15(20)18-13-8-7-9-14(10-13)21-4/h7-10H,5-6,11-12,17H2,1-4H3,(H,18,20). The maximum atomic E-state index is 12.2. The van der Waals surface area contributed by atoms with Crippen LogP contribution in [0, 0.1) is 0 Å². The van der Waals surface area contributed by atoms with Gasteiger partial charge < -0.3 is 15.8 Å². The van der Waals surface area contributed by atoms with Gasteiger partial charge in [-0.15, -0.1) is 0 Å². The first kappa shape index (κ1) is 17.5. The lowest BCUT2D eigenvalue weighted by molar-refractivity contribution is -0.118. The molecule has 0 heterocycles. The minimum atomic E-state index is -0.119. The first-order chi connectivity index (χ1) is 10.0. The first-order valence-electron chi connectivity index (χ1n) is 7.36. The van der Waals surface area contributed by atoms with Crippen LogP contribution in [-0.2, 0) is 4.79 Å². The fraction of sp³-hybridized carbons (Fsp3) is 0.562. The Morgan fingerprint density at radius 3 is 2.57 bits per heavy atom. The highest BCUT2D eigenvalue weighted by atomic mass is 16.5. The fourth-order valence-electron chi connectivity index (χ4n) is 2.52. The molecule has 0 aliphatic heterocycles. The molecule has 21 heavy (non-hydrogen) atoms. The number of carbonyl (C=O) groups excluding carboxylic acids is 1. The van der Waals surface area contributed by atoms with Crippen molar-refractivity contribution in [3.05, 3.63) is 24.3 Å². The monoisotopic (exact) mass is 293 g/mol. The molecule has 0 aromatic heterocycles. The van der Waals surface area contributed by atoms with Gasteiger partial charge in [-0.3, -0.25) is 9.69 Å². The summed E-state index contributed by atoms with van der Waals surface area (Å²) in [6.07, 6.45) is 1.84. The summed E-state index contributed by atoms with van der Waals surface area (Å²) < 4.78 is 5.15. The summed E-state index contributed by atoms with van der Waals surface area (Å²) in [4.78, 5) is 14.2. The second-order valence-electron chi connectivity index (χ2n) is 5.27. The lowest BCUT2D eigenvalue weighted by Gasteiger charge is -2.39. The molecule has 0 saturated heterocycles. The maximum Gasteiger partial charge on any atom is 0.238 e. The molecule has 0 radical (unpaired) electrons. The molecule has 1 aromatic rings. The van der Waals surface area contributed by atoms with E-state index >= 15 is 0 Å². The van der Waals surface area contributed by atoms with Crippen molar-refractivity contribution >= 4 is 11.6 Å². The number of benzene rings is 1. The third-order valence-corrected chi connectivity index (χ3v) is 4.24. The minimum Gasteiger partial charge on any atom is -0.497 e. The number of rotatable bonds is 8. The van der Waals surface area contributed by atoms with Crippen LogP contribution in [0.15, 0.2) is 24.3 Å². The number of anilines is 1. The summed E-state index contributed by atoms with van der Waals surface area (Å²) in [5.41, 5.74) is 6.52. The van der Waals surface area contributed by atoms with Gasteiger partial charge in [-0.05, 0) is 32.0 Å². The molecule has 0 saturated carbocycles. The predicted octanol–water partition coefficient (Wildman–Crippen LogP) is 2.08. The Balaban J connectivity index is 2.68. The van der Waals surface area contributed by atoms with Crippen molar-refractivity contribution in [2.45, 2.75) is 32.2 Å². The summed E-state index contributed by atoms with van der Waals surface area (Å²) in [5, 5.41) is 2.89. The van der Waals surface area contributed by atoms with Gasteiger partial charge in [0.15, 0.2) is 0 Å². The Morgan fingerprint density at radius 2 is 2.05 bits per heavy atom. The lowest BCUT2D eigenvalue weighted by Crippen LogP contribution is -2.53. The number of nitrogens with zero attached hydrogens (tertiary/aromatic N) is 1. The van der Waals surface area contributed by atoms with Gasteiger partial charge in [0.25, 0.3) is 0 Å².